The number of carbonyl (C=O) groups excluding carboxylic acids is 3. The van der Waals surface area contributed by atoms with Crippen molar-refractivity contribution in [3.05, 3.63) is 158 Å². The van der Waals surface area contributed by atoms with E-state index in [1.54, 1.807) is 0 Å². The van der Waals surface area contributed by atoms with Crippen LogP contribution in [-0.2, 0) is 28.6 Å². The normalized spacial score (nSPS) is 13.3. The van der Waals surface area contributed by atoms with E-state index in [0.717, 1.165) is 148 Å². The molecule has 0 fully saturated rings. The van der Waals surface area contributed by atoms with Crippen molar-refractivity contribution in [1.82, 2.24) is 0 Å². The van der Waals surface area contributed by atoms with E-state index in [1.807, 2.05) is 12.2 Å². The van der Waals surface area contributed by atoms with Crippen LogP contribution in [0.3, 0.4) is 0 Å². The maximum absolute atomic E-state index is 12.9. The molecule has 0 aromatic heterocycles. The van der Waals surface area contributed by atoms with Gasteiger partial charge in [-0.05, 0) is 135 Å². The van der Waals surface area contributed by atoms with Gasteiger partial charge >= 0.3 is 17.9 Å². The number of hydrogen-bond acceptors (Lipinski definition) is 6. The number of carbonyl (C=O) groups is 3. The Bertz CT molecular complexity index is 1710. The first kappa shape index (κ1) is 70.0. The van der Waals surface area contributed by atoms with Crippen LogP contribution < -0.4 is 0 Å². The lowest BCUT2D eigenvalue weighted by atomic mass is 10.1. The van der Waals surface area contributed by atoms with Gasteiger partial charge < -0.3 is 14.2 Å². The van der Waals surface area contributed by atoms with Crippen molar-refractivity contribution in [3.63, 3.8) is 0 Å². The van der Waals surface area contributed by atoms with Crippen molar-refractivity contribution in [3.8, 4) is 0 Å². The lowest BCUT2D eigenvalue weighted by Gasteiger charge is -2.18. The number of rotatable bonds is 52. The molecule has 420 valence electrons. The molecule has 0 saturated heterocycles. The monoisotopic (exact) mass is 1030 g/mol. The molecule has 0 bridgehead atoms. The summed E-state index contributed by atoms with van der Waals surface area (Å²) < 4.78 is 16.8. The number of hydrogen-bond donors (Lipinski definition) is 0. The van der Waals surface area contributed by atoms with Crippen molar-refractivity contribution >= 4 is 17.9 Å². The van der Waals surface area contributed by atoms with Crippen molar-refractivity contribution in [2.24, 2.45) is 0 Å². The molecule has 6 heteroatoms. The maximum atomic E-state index is 12.9. The summed E-state index contributed by atoms with van der Waals surface area (Å²) in [7, 11) is 0. The average molecular weight is 1030 g/mol. The zero-order chi connectivity index (χ0) is 54.3. The number of allylic oxidation sites excluding steroid dienone is 26. The van der Waals surface area contributed by atoms with Crippen LogP contribution in [0.4, 0.5) is 0 Å². The van der Waals surface area contributed by atoms with Gasteiger partial charge in [-0.25, -0.2) is 0 Å². The molecule has 6 nitrogen and oxygen atoms in total. The van der Waals surface area contributed by atoms with Gasteiger partial charge in [0.15, 0.2) is 6.10 Å². The first-order valence-corrected chi connectivity index (χ1v) is 30.0. The summed E-state index contributed by atoms with van der Waals surface area (Å²) >= 11 is 0. The highest BCUT2D eigenvalue weighted by atomic mass is 16.6. The Kier molecular flexibility index (Phi) is 57.5. The largest absolute Gasteiger partial charge is 0.462 e. The molecule has 0 aliphatic heterocycles. The Morgan fingerprint density at radius 1 is 0.280 bits per heavy atom. The SMILES string of the molecule is CC/C=C\C/C=C\C/C=C\C/C=C\C/C=C\C/C=C\CCC(=O)OC(COC(=O)CCCCCCC/C=C\C/C=C\CCCCC)COC(=O)CCCCCCCCC/C=C\C/C=C\C/C=C\C/C=C\C/C=C\CC. The number of ether oxygens (including phenoxy) is 3. The number of unbranched alkanes of at least 4 members (excludes halogenated alkanes) is 15. The predicted octanol–water partition coefficient (Wildman–Crippen LogP) is 20.5. The minimum Gasteiger partial charge on any atom is -0.462 e. The Hall–Kier alpha value is -4.97. The molecule has 0 N–H and O–H groups in total. The van der Waals surface area contributed by atoms with Gasteiger partial charge in [0.05, 0.1) is 0 Å². The topological polar surface area (TPSA) is 78.9 Å². The fourth-order valence-electron chi connectivity index (χ4n) is 7.58. The lowest BCUT2D eigenvalue weighted by Crippen LogP contribution is -2.30. The van der Waals surface area contributed by atoms with Gasteiger partial charge in [0, 0.05) is 19.3 Å². The van der Waals surface area contributed by atoms with Crippen LogP contribution in [0.2, 0.25) is 0 Å². The maximum Gasteiger partial charge on any atom is 0.306 e. The molecule has 0 spiro atoms. The summed E-state index contributed by atoms with van der Waals surface area (Å²) in [6, 6.07) is 0. The van der Waals surface area contributed by atoms with E-state index in [4.69, 9.17) is 14.2 Å². The molecular formula is C69H108O6. The van der Waals surface area contributed by atoms with Crippen molar-refractivity contribution in [1.29, 1.82) is 0 Å². The molecule has 0 aromatic carbocycles. The second-order valence-electron chi connectivity index (χ2n) is 19.1. The van der Waals surface area contributed by atoms with Crippen molar-refractivity contribution in [2.45, 2.75) is 245 Å². The highest BCUT2D eigenvalue weighted by Gasteiger charge is 2.19. The molecule has 75 heavy (non-hydrogen) atoms. The molecule has 0 aromatic rings. The van der Waals surface area contributed by atoms with Gasteiger partial charge in [0.2, 0.25) is 0 Å². The summed E-state index contributed by atoms with van der Waals surface area (Å²) in [5.41, 5.74) is 0. The molecule has 1 unspecified atom stereocenters. The van der Waals surface area contributed by atoms with E-state index >= 15 is 0 Å². The van der Waals surface area contributed by atoms with Gasteiger partial charge in [0.25, 0.3) is 0 Å². The van der Waals surface area contributed by atoms with E-state index in [1.165, 1.54) is 44.9 Å². The number of esters is 3. The van der Waals surface area contributed by atoms with Crippen LogP contribution in [0.1, 0.15) is 239 Å². The Labute approximate surface area is 460 Å². The minimum absolute atomic E-state index is 0.126. The fraction of sp³-hybridized carbons (Fsp3) is 0.580. The average Bonchev–Trinajstić information content (AvgIpc) is 3.41. The molecule has 0 aliphatic rings. The van der Waals surface area contributed by atoms with Gasteiger partial charge in [-0.15, -0.1) is 0 Å². The van der Waals surface area contributed by atoms with Crippen molar-refractivity contribution < 1.29 is 28.6 Å². The predicted molar refractivity (Wildman–Crippen MR) is 325 cm³/mol. The molecule has 0 saturated carbocycles. The third-order valence-electron chi connectivity index (χ3n) is 12.0. The lowest BCUT2D eigenvalue weighted by molar-refractivity contribution is -0.166. The van der Waals surface area contributed by atoms with Crippen LogP contribution in [0.5, 0.6) is 0 Å². The van der Waals surface area contributed by atoms with E-state index in [0.29, 0.717) is 19.3 Å². The van der Waals surface area contributed by atoms with Crippen LogP contribution in [0, 0.1) is 0 Å². The van der Waals surface area contributed by atoms with Crippen LogP contribution in [-0.4, -0.2) is 37.2 Å². The summed E-state index contributed by atoms with van der Waals surface area (Å²) in [4.78, 5) is 38.2. The molecular weight excluding hydrogens is 925 g/mol. The molecule has 1 atom stereocenters. The summed E-state index contributed by atoms with van der Waals surface area (Å²) in [6.07, 6.45) is 89.6. The zero-order valence-electron chi connectivity index (χ0n) is 48.0. The second kappa shape index (κ2) is 61.6. The van der Waals surface area contributed by atoms with E-state index < -0.39 is 12.1 Å². The molecule has 0 amide bonds. The first-order chi connectivity index (χ1) is 37.0. The van der Waals surface area contributed by atoms with E-state index in [9.17, 15) is 14.4 Å². The van der Waals surface area contributed by atoms with Crippen LogP contribution >= 0.6 is 0 Å². The first-order valence-electron chi connectivity index (χ1n) is 30.0. The summed E-state index contributed by atoms with van der Waals surface area (Å²) in [5, 5.41) is 0. The minimum atomic E-state index is -0.838. The zero-order valence-corrected chi connectivity index (χ0v) is 48.0. The van der Waals surface area contributed by atoms with Crippen molar-refractivity contribution in [2.75, 3.05) is 13.2 Å². The summed E-state index contributed by atoms with van der Waals surface area (Å²) in [5.74, 6) is -1.04. The molecule has 0 heterocycles. The fourth-order valence-corrected chi connectivity index (χ4v) is 7.58. The van der Waals surface area contributed by atoms with E-state index in [-0.39, 0.29) is 31.6 Å². The molecule has 0 rings (SSSR count). The standard InChI is InChI=1S/C69H108O6/c1-4-7-10-13-16-19-22-25-28-30-32-33-34-35-37-38-41-44-47-50-53-56-59-62-68(71)74-65-66(64-73-67(70)61-58-55-52-49-46-43-40-27-24-21-18-15-12-9-6-3)75-69(72)63-60-57-54-51-48-45-42-39-36-31-29-26-23-20-17-14-11-8-5-2/h7-8,10-11,16-21,25-29,32-33,35-37,39-40,45,48,54,57,66H,4-6,9,12-15,22-24,30-31,34,38,41-44,46-47,49-53,55-56,58-65H2,1-3H3/b10-7-,11-8-,19-16-,20-17-,21-18-,28-25-,29-26-,33-32-,37-35-,39-36-,40-27-,48-45-,57-54-. The summed E-state index contributed by atoms with van der Waals surface area (Å²) in [6.45, 7) is 6.29. The van der Waals surface area contributed by atoms with Gasteiger partial charge in [-0.1, -0.05) is 243 Å². The highest BCUT2D eigenvalue weighted by Crippen LogP contribution is 2.13. The Morgan fingerprint density at radius 3 is 0.867 bits per heavy atom. The smallest absolute Gasteiger partial charge is 0.306 e. The van der Waals surface area contributed by atoms with Crippen LogP contribution in [0.25, 0.3) is 0 Å². The molecule has 0 aliphatic carbocycles. The molecule has 0 radical (unpaired) electrons. The van der Waals surface area contributed by atoms with Crippen LogP contribution in [0.15, 0.2) is 158 Å². The second-order valence-corrected chi connectivity index (χ2v) is 19.1. The van der Waals surface area contributed by atoms with Gasteiger partial charge in [-0.3, -0.25) is 14.4 Å². The third-order valence-corrected chi connectivity index (χ3v) is 12.0. The van der Waals surface area contributed by atoms with Gasteiger partial charge in [-0.2, -0.15) is 0 Å². The van der Waals surface area contributed by atoms with Gasteiger partial charge in [0.1, 0.15) is 13.2 Å². The highest BCUT2D eigenvalue weighted by molar-refractivity contribution is 5.71. The van der Waals surface area contributed by atoms with E-state index in [2.05, 4.69) is 167 Å². The quantitative estimate of drug-likeness (QED) is 0.0261. The third kappa shape index (κ3) is 59.8. The Balaban J connectivity index is 4.55. The Morgan fingerprint density at radius 2 is 0.547 bits per heavy atom.